The summed E-state index contributed by atoms with van der Waals surface area (Å²) in [5.74, 6) is -0.934. The fourth-order valence-electron chi connectivity index (χ4n) is 1.04. The van der Waals surface area contributed by atoms with Gasteiger partial charge in [-0.25, -0.2) is 8.78 Å². The van der Waals surface area contributed by atoms with E-state index in [1.54, 1.807) is 22.6 Å². The van der Waals surface area contributed by atoms with Gasteiger partial charge in [-0.2, -0.15) is 0 Å². The lowest BCUT2D eigenvalue weighted by Crippen LogP contribution is -2.20. The van der Waals surface area contributed by atoms with Gasteiger partial charge in [0.1, 0.15) is 5.69 Å². The van der Waals surface area contributed by atoms with Gasteiger partial charge in [0, 0.05) is 20.7 Å². The summed E-state index contributed by atoms with van der Waals surface area (Å²) in [5.41, 5.74) is -1.02. The van der Waals surface area contributed by atoms with Crippen LogP contribution in [0.25, 0.3) is 0 Å². The molecule has 0 saturated heterocycles. The molecule has 96 valence electrons. The van der Waals surface area contributed by atoms with Crippen molar-refractivity contribution in [3.63, 3.8) is 0 Å². The third-order valence-electron chi connectivity index (χ3n) is 1.67. The summed E-state index contributed by atoms with van der Waals surface area (Å²) in [5, 5.41) is -0.0427. The minimum atomic E-state index is -5.04. The number of rotatable bonds is 3. The molecule has 1 rings (SSSR count). The number of halogens is 7. The minimum Gasteiger partial charge on any atom is -0.403 e. The second-order valence-corrected chi connectivity index (χ2v) is 4.50. The second kappa shape index (κ2) is 5.63. The zero-order chi connectivity index (χ0) is 13.2. The van der Waals surface area contributed by atoms with Gasteiger partial charge in [0.05, 0.1) is 0 Å². The molecule has 0 fully saturated rings. The molecule has 0 N–H and O–H groups in total. The van der Waals surface area contributed by atoms with Crippen LogP contribution in [0.2, 0.25) is 0 Å². The summed E-state index contributed by atoms with van der Waals surface area (Å²) < 4.78 is 65.3. The monoisotopic (exact) mass is 431 g/mol. The Morgan fingerprint density at radius 2 is 2.00 bits per heavy atom. The van der Waals surface area contributed by atoms with E-state index in [4.69, 9.17) is 0 Å². The van der Waals surface area contributed by atoms with Crippen LogP contribution < -0.4 is 4.74 Å². The highest BCUT2D eigenvalue weighted by atomic mass is 127. The first-order valence-corrected chi connectivity index (χ1v) is 6.23. The molecule has 2 nitrogen and oxygen atoms in total. The predicted octanol–water partition coefficient (Wildman–Crippen LogP) is 4.42. The zero-order valence-corrected chi connectivity index (χ0v) is 11.6. The third kappa shape index (κ3) is 3.90. The highest BCUT2D eigenvalue weighted by Gasteiger charge is 2.35. The molecule has 0 unspecified atom stereocenters. The van der Waals surface area contributed by atoms with Crippen molar-refractivity contribution in [3.05, 3.63) is 21.0 Å². The first-order valence-electron chi connectivity index (χ1n) is 4.03. The summed E-state index contributed by atoms with van der Waals surface area (Å²) in [6.07, 6.45) is -7.10. The first kappa shape index (κ1) is 14.9. The number of ether oxygens (including phenoxy) is 1. The van der Waals surface area contributed by atoms with E-state index >= 15 is 0 Å². The first-order chi connectivity index (χ1) is 7.76. The molecule has 0 aliphatic carbocycles. The van der Waals surface area contributed by atoms with Crippen LogP contribution in [0, 0.1) is 3.57 Å². The Bertz CT molecular complexity index is 412. The second-order valence-electron chi connectivity index (χ2n) is 2.78. The molecule has 0 aliphatic heterocycles. The van der Waals surface area contributed by atoms with Gasteiger partial charge in [0.2, 0.25) is 0 Å². The van der Waals surface area contributed by atoms with E-state index in [1.807, 2.05) is 0 Å². The third-order valence-corrected chi connectivity index (χ3v) is 3.16. The quantitative estimate of drug-likeness (QED) is 0.401. The number of pyridine rings is 1. The van der Waals surface area contributed by atoms with Crippen LogP contribution >= 0.6 is 38.5 Å². The molecule has 0 saturated carbocycles. The van der Waals surface area contributed by atoms with E-state index in [1.165, 1.54) is 0 Å². The van der Waals surface area contributed by atoms with Gasteiger partial charge >= 0.3 is 6.36 Å². The van der Waals surface area contributed by atoms with Crippen molar-refractivity contribution in [2.75, 3.05) is 0 Å². The van der Waals surface area contributed by atoms with Gasteiger partial charge in [0.15, 0.2) is 5.75 Å². The summed E-state index contributed by atoms with van der Waals surface area (Å²) in [7, 11) is 0. The molecular formula is C8H4BrF5INO. The van der Waals surface area contributed by atoms with Crippen molar-refractivity contribution < 1.29 is 26.7 Å². The molecule has 1 aromatic rings. The SMILES string of the molecule is FC(F)c1ncc(I)c(CBr)c1OC(F)(F)F. The molecule has 0 aliphatic rings. The smallest absolute Gasteiger partial charge is 0.403 e. The Morgan fingerprint density at radius 3 is 2.41 bits per heavy atom. The van der Waals surface area contributed by atoms with Gasteiger partial charge in [-0.15, -0.1) is 13.2 Å². The summed E-state index contributed by atoms with van der Waals surface area (Å²) in [6.45, 7) is 0. The Kier molecular flexibility index (Phi) is 4.93. The average Bonchev–Trinajstić information content (AvgIpc) is 2.15. The summed E-state index contributed by atoms with van der Waals surface area (Å²) >= 11 is 4.62. The maximum absolute atomic E-state index is 12.5. The lowest BCUT2D eigenvalue weighted by atomic mass is 10.2. The Hall–Kier alpha value is -0.190. The number of nitrogens with zero attached hydrogens (tertiary/aromatic N) is 1. The average molecular weight is 432 g/mol. The Balaban J connectivity index is 3.34. The minimum absolute atomic E-state index is 0.00627. The highest BCUT2D eigenvalue weighted by Crippen LogP contribution is 2.37. The van der Waals surface area contributed by atoms with Gasteiger partial charge in [-0.05, 0) is 22.6 Å². The van der Waals surface area contributed by atoms with Gasteiger partial charge in [-0.1, -0.05) is 15.9 Å². The molecule has 0 radical (unpaired) electrons. The van der Waals surface area contributed by atoms with Crippen LogP contribution in [-0.4, -0.2) is 11.3 Å². The van der Waals surface area contributed by atoms with Crippen LogP contribution in [0.1, 0.15) is 17.7 Å². The fraction of sp³-hybridized carbons (Fsp3) is 0.375. The van der Waals surface area contributed by atoms with E-state index in [0.29, 0.717) is 3.57 Å². The van der Waals surface area contributed by atoms with Crippen LogP contribution in [0.5, 0.6) is 5.75 Å². The van der Waals surface area contributed by atoms with Crippen molar-refractivity contribution >= 4 is 38.5 Å². The van der Waals surface area contributed by atoms with E-state index in [9.17, 15) is 22.0 Å². The number of aromatic nitrogens is 1. The number of alkyl halides is 6. The summed E-state index contributed by atoms with van der Waals surface area (Å²) in [6, 6.07) is 0. The fourth-order valence-corrected chi connectivity index (χ4v) is 2.69. The Labute approximate surface area is 115 Å². The molecule has 1 aromatic heterocycles. The largest absolute Gasteiger partial charge is 0.573 e. The molecule has 9 heteroatoms. The van der Waals surface area contributed by atoms with Crippen LogP contribution in [-0.2, 0) is 5.33 Å². The van der Waals surface area contributed by atoms with E-state index in [-0.39, 0.29) is 10.9 Å². The van der Waals surface area contributed by atoms with Gasteiger partial charge in [0.25, 0.3) is 6.43 Å². The predicted molar refractivity (Wildman–Crippen MR) is 61.2 cm³/mol. The van der Waals surface area contributed by atoms with Crippen molar-refractivity contribution in [1.29, 1.82) is 0 Å². The number of hydrogen-bond acceptors (Lipinski definition) is 2. The molecule has 1 heterocycles. The molecule has 0 amide bonds. The lowest BCUT2D eigenvalue weighted by molar-refractivity contribution is -0.275. The summed E-state index contributed by atoms with van der Waals surface area (Å²) in [4.78, 5) is 3.27. The topological polar surface area (TPSA) is 22.1 Å². The molecule has 0 spiro atoms. The van der Waals surface area contributed by atoms with Gasteiger partial charge < -0.3 is 4.74 Å². The maximum Gasteiger partial charge on any atom is 0.573 e. The lowest BCUT2D eigenvalue weighted by Gasteiger charge is -2.16. The number of hydrogen-bond donors (Lipinski definition) is 0. The van der Waals surface area contributed by atoms with Crippen molar-refractivity contribution in [2.45, 2.75) is 18.1 Å². The van der Waals surface area contributed by atoms with E-state index in [2.05, 4.69) is 25.7 Å². The maximum atomic E-state index is 12.5. The van der Waals surface area contributed by atoms with E-state index in [0.717, 1.165) is 6.20 Å². The van der Waals surface area contributed by atoms with Crippen molar-refractivity contribution in [2.24, 2.45) is 0 Å². The Morgan fingerprint density at radius 1 is 1.41 bits per heavy atom. The van der Waals surface area contributed by atoms with E-state index < -0.39 is 24.2 Å². The van der Waals surface area contributed by atoms with Gasteiger partial charge in [-0.3, -0.25) is 4.98 Å². The molecule has 0 aromatic carbocycles. The molecule has 0 atom stereocenters. The van der Waals surface area contributed by atoms with Crippen LogP contribution in [0.4, 0.5) is 22.0 Å². The normalized spacial score (nSPS) is 12.0. The van der Waals surface area contributed by atoms with Crippen LogP contribution in [0.3, 0.4) is 0 Å². The van der Waals surface area contributed by atoms with Crippen LogP contribution in [0.15, 0.2) is 6.20 Å². The molecule has 17 heavy (non-hydrogen) atoms. The molecule has 0 bridgehead atoms. The van der Waals surface area contributed by atoms with Crippen molar-refractivity contribution in [1.82, 2.24) is 4.98 Å². The zero-order valence-electron chi connectivity index (χ0n) is 7.86. The highest BCUT2D eigenvalue weighted by molar-refractivity contribution is 14.1. The standard InChI is InChI=1S/C8H4BrF5INO/c9-1-3-4(15)2-16-5(7(10)11)6(3)17-8(12,13)14/h2,7H,1H2. The molecular weight excluding hydrogens is 428 g/mol. The van der Waals surface area contributed by atoms with Crippen molar-refractivity contribution in [3.8, 4) is 5.75 Å².